The molecule has 0 saturated heterocycles. The summed E-state index contributed by atoms with van der Waals surface area (Å²) < 4.78 is 0.730. The standard InChI is InChI=1S/C13H17BrN2O2/c1-8(2)9-5-11(6-9)15-12-4-3-10(14)7-13(12)16(17)18/h3-4,7-9,11,15H,5-6H2,1-2H3. The van der Waals surface area contributed by atoms with Gasteiger partial charge in [-0.3, -0.25) is 10.1 Å². The van der Waals surface area contributed by atoms with Crippen LogP contribution in [0.2, 0.25) is 0 Å². The molecule has 18 heavy (non-hydrogen) atoms. The summed E-state index contributed by atoms with van der Waals surface area (Å²) in [5.74, 6) is 1.44. The Morgan fingerprint density at radius 1 is 1.44 bits per heavy atom. The summed E-state index contributed by atoms with van der Waals surface area (Å²) in [5.41, 5.74) is 0.757. The van der Waals surface area contributed by atoms with Crippen LogP contribution in [-0.4, -0.2) is 11.0 Å². The Labute approximate surface area is 115 Å². The molecule has 1 aliphatic rings. The molecule has 1 saturated carbocycles. The molecule has 0 bridgehead atoms. The van der Waals surface area contributed by atoms with E-state index in [-0.39, 0.29) is 10.6 Å². The van der Waals surface area contributed by atoms with Crippen LogP contribution in [0.5, 0.6) is 0 Å². The Balaban J connectivity index is 2.04. The fourth-order valence-electron chi connectivity index (χ4n) is 2.32. The molecule has 1 aromatic rings. The molecule has 0 aliphatic heterocycles. The second kappa shape index (κ2) is 5.26. The first-order chi connectivity index (χ1) is 8.47. The topological polar surface area (TPSA) is 55.2 Å². The monoisotopic (exact) mass is 312 g/mol. The Kier molecular flexibility index (Phi) is 3.90. The first-order valence-corrected chi connectivity index (χ1v) is 6.97. The molecule has 4 nitrogen and oxygen atoms in total. The third kappa shape index (κ3) is 2.83. The van der Waals surface area contributed by atoms with E-state index in [9.17, 15) is 10.1 Å². The van der Waals surface area contributed by atoms with Gasteiger partial charge in [-0.25, -0.2) is 0 Å². The molecule has 1 fully saturated rings. The summed E-state index contributed by atoms with van der Waals surface area (Å²) in [6.07, 6.45) is 2.20. The van der Waals surface area contributed by atoms with E-state index in [1.807, 2.05) is 6.07 Å². The minimum absolute atomic E-state index is 0.136. The molecule has 1 aliphatic carbocycles. The number of nitrogens with one attached hydrogen (secondary N) is 1. The maximum absolute atomic E-state index is 11.0. The zero-order valence-electron chi connectivity index (χ0n) is 10.5. The number of halogens is 1. The van der Waals surface area contributed by atoms with Crippen molar-refractivity contribution in [3.05, 3.63) is 32.8 Å². The molecule has 2 rings (SSSR count). The van der Waals surface area contributed by atoms with Crippen molar-refractivity contribution in [3.63, 3.8) is 0 Å². The number of rotatable bonds is 4. The highest BCUT2D eigenvalue weighted by Crippen LogP contribution is 2.37. The predicted octanol–water partition coefficient (Wildman–Crippen LogP) is 4.20. The van der Waals surface area contributed by atoms with Crippen LogP contribution in [0.25, 0.3) is 0 Å². The molecule has 0 radical (unpaired) electrons. The fourth-order valence-corrected chi connectivity index (χ4v) is 2.67. The average molecular weight is 313 g/mol. The highest BCUT2D eigenvalue weighted by Gasteiger charge is 2.32. The van der Waals surface area contributed by atoms with Crippen molar-refractivity contribution in [2.75, 3.05) is 5.32 Å². The number of nitro benzene ring substituents is 1. The molecule has 0 aromatic heterocycles. The van der Waals surface area contributed by atoms with Crippen LogP contribution in [0, 0.1) is 22.0 Å². The minimum Gasteiger partial charge on any atom is -0.377 e. The summed E-state index contributed by atoms with van der Waals surface area (Å²) in [4.78, 5) is 10.6. The van der Waals surface area contributed by atoms with Crippen molar-refractivity contribution in [1.29, 1.82) is 0 Å². The molecule has 0 atom stereocenters. The molecular weight excluding hydrogens is 296 g/mol. The average Bonchev–Trinajstić information content (AvgIpc) is 2.23. The Morgan fingerprint density at radius 3 is 2.67 bits per heavy atom. The van der Waals surface area contributed by atoms with Gasteiger partial charge in [-0.2, -0.15) is 0 Å². The van der Waals surface area contributed by atoms with E-state index in [1.54, 1.807) is 12.1 Å². The van der Waals surface area contributed by atoms with Crippen molar-refractivity contribution < 1.29 is 4.92 Å². The molecule has 0 amide bonds. The molecule has 1 aromatic carbocycles. The first-order valence-electron chi connectivity index (χ1n) is 6.18. The minimum atomic E-state index is -0.342. The SMILES string of the molecule is CC(C)C1CC(Nc2ccc(Br)cc2[N+](=O)[O-])C1. The lowest BCUT2D eigenvalue weighted by Crippen LogP contribution is -2.38. The molecular formula is C13H17BrN2O2. The van der Waals surface area contributed by atoms with Gasteiger partial charge in [0.2, 0.25) is 0 Å². The number of hydrogen-bond donors (Lipinski definition) is 1. The van der Waals surface area contributed by atoms with Crippen LogP contribution in [0.15, 0.2) is 22.7 Å². The second-order valence-corrected chi connectivity index (χ2v) is 6.15. The van der Waals surface area contributed by atoms with Crippen molar-refractivity contribution >= 4 is 27.3 Å². The molecule has 5 heteroatoms. The fraction of sp³-hybridized carbons (Fsp3) is 0.538. The lowest BCUT2D eigenvalue weighted by molar-refractivity contribution is -0.384. The second-order valence-electron chi connectivity index (χ2n) is 5.24. The largest absolute Gasteiger partial charge is 0.377 e. The number of nitro groups is 1. The number of nitrogens with zero attached hydrogens (tertiary/aromatic N) is 1. The quantitative estimate of drug-likeness (QED) is 0.669. The van der Waals surface area contributed by atoms with Gasteiger partial charge in [-0.05, 0) is 36.8 Å². The Hall–Kier alpha value is -1.10. The zero-order valence-corrected chi connectivity index (χ0v) is 12.1. The van der Waals surface area contributed by atoms with Crippen LogP contribution in [-0.2, 0) is 0 Å². The van der Waals surface area contributed by atoms with Gasteiger partial charge in [0.15, 0.2) is 0 Å². The van der Waals surface area contributed by atoms with Gasteiger partial charge in [0.25, 0.3) is 5.69 Å². The van der Waals surface area contributed by atoms with Gasteiger partial charge in [-0.1, -0.05) is 29.8 Å². The molecule has 0 heterocycles. The summed E-state index contributed by atoms with van der Waals surface area (Å²) in [6, 6.07) is 5.51. The van der Waals surface area contributed by atoms with Crippen molar-refractivity contribution in [1.82, 2.24) is 0 Å². The van der Waals surface area contributed by atoms with Gasteiger partial charge in [-0.15, -0.1) is 0 Å². The van der Waals surface area contributed by atoms with Gasteiger partial charge >= 0.3 is 0 Å². The Bertz CT molecular complexity index is 456. The number of benzene rings is 1. The number of anilines is 1. The summed E-state index contributed by atoms with van der Waals surface area (Å²) in [5, 5.41) is 14.3. The zero-order chi connectivity index (χ0) is 13.3. The van der Waals surface area contributed by atoms with Gasteiger partial charge < -0.3 is 5.32 Å². The number of hydrogen-bond acceptors (Lipinski definition) is 3. The molecule has 0 unspecified atom stereocenters. The van der Waals surface area contributed by atoms with E-state index in [1.165, 1.54) is 0 Å². The van der Waals surface area contributed by atoms with Gasteiger partial charge in [0, 0.05) is 16.6 Å². The van der Waals surface area contributed by atoms with E-state index in [0.717, 1.165) is 23.2 Å². The van der Waals surface area contributed by atoms with Crippen LogP contribution >= 0.6 is 15.9 Å². The van der Waals surface area contributed by atoms with Crippen LogP contribution in [0.4, 0.5) is 11.4 Å². The van der Waals surface area contributed by atoms with E-state index in [0.29, 0.717) is 17.6 Å². The summed E-state index contributed by atoms with van der Waals surface area (Å²) >= 11 is 3.26. The maximum atomic E-state index is 11.0. The first kappa shape index (κ1) is 13.3. The molecule has 98 valence electrons. The third-order valence-corrected chi connectivity index (χ3v) is 4.13. The van der Waals surface area contributed by atoms with Gasteiger partial charge in [0.05, 0.1) is 4.92 Å². The van der Waals surface area contributed by atoms with Crippen LogP contribution in [0.1, 0.15) is 26.7 Å². The summed E-state index contributed by atoms with van der Waals surface area (Å²) in [6.45, 7) is 4.45. The lowest BCUT2D eigenvalue weighted by atomic mass is 9.73. The summed E-state index contributed by atoms with van der Waals surface area (Å²) in [7, 11) is 0. The normalized spacial score (nSPS) is 22.7. The van der Waals surface area contributed by atoms with Crippen molar-refractivity contribution in [3.8, 4) is 0 Å². The Morgan fingerprint density at radius 2 is 2.11 bits per heavy atom. The van der Waals surface area contributed by atoms with Gasteiger partial charge in [0.1, 0.15) is 5.69 Å². The third-order valence-electron chi connectivity index (χ3n) is 3.63. The highest BCUT2D eigenvalue weighted by molar-refractivity contribution is 9.10. The van der Waals surface area contributed by atoms with Crippen molar-refractivity contribution in [2.24, 2.45) is 11.8 Å². The van der Waals surface area contributed by atoms with E-state index >= 15 is 0 Å². The maximum Gasteiger partial charge on any atom is 0.293 e. The lowest BCUT2D eigenvalue weighted by Gasteiger charge is -2.38. The van der Waals surface area contributed by atoms with Crippen LogP contribution < -0.4 is 5.32 Å². The smallest absolute Gasteiger partial charge is 0.293 e. The van der Waals surface area contributed by atoms with Crippen LogP contribution in [0.3, 0.4) is 0 Å². The van der Waals surface area contributed by atoms with E-state index in [4.69, 9.17) is 0 Å². The molecule has 1 N–H and O–H groups in total. The molecule has 0 spiro atoms. The highest BCUT2D eigenvalue weighted by atomic mass is 79.9. The predicted molar refractivity (Wildman–Crippen MR) is 75.8 cm³/mol. The van der Waals surface area contributed by atoms with E-state index in [2.05, 4.69) is 35.1 Å². The van der Waals surface area contributed by atoms with E-state index < -0.39 is 0 Å². The van der Waals surface area contributed by atoms with Crippen molar-refractivity contribution in [2.45, 2.75) is 32.7 Å².